The molecule has 0 bridgehead atoms. The Morgan fingerprint density at radius 3 is 2.76 bits per heavy atom. The number of benzene rings is 1. The van der Waals surface area contributed by atoms with Crippen LogP contribution in [-0.4, -0.2) is 43.1 Å². The van der Waals surface area contributed by atoms with Gasteiger partial charge in [-0.25, -0.2) is 0 Å². The summed E-state index contributed by atoms with van der Waals surface area (Å²) in [7, 11) is 1.33. The van der Waals surface area contributed by atoms with Crippen molar-refractivity contribution in [3.05, 3.63) is 29.8 Å². The number of carbonyl (C=O) groups is 2. The molecule has 1 atom stereocenters. The number of amides is 1. The van der Waals surface area contributed by atoms with Gasteiger partial charge in [0.1, 0.15) is 12.3 Å². The summed E-state index contributed by atoms with van der Waals surface area (Å²) >= 11 is 0. The Hall–Kier alpha value is -2.04. The second kappa shape index (κ2) is 6.61. The third kappa shape index (κ3) is 3.35. The molecule has 1 amide bonds. The lowest BCUT2D eigenvalue weighted by Gasteiger charge is -2.32. The lowest BCUT2D eigenvalue weighted by atomic mass is 9.91. The van der Waals surface area contributed by atoms with Crippen LogP contribution in [0.15, 0.2) is 24.3 Å². The Morgan fingerprint density at radius 2 is 2.10 bits per heavy atom. The smallest absolute Gasteiger partial charge is 0.325 e. The number of carbonyl (C=O) groups excluding carboxylic acids is 2. The summed E-state index contributed by atoms with van der Waals surface area (Å²) < 4.78 is 10.3. The fourth-order valence-electron chi connectivity index (χ4n) is 2.52. The zero-order valence-corrected chi connectivity index (χ0v) is 12.7. The van der Waals surface area contributed by atoms with Gasteiger partial charge in [-0.05, 0) is 26.3 Å². The van der Waals surface area contributed by atoms with Gasteiger partial charge in [-0.1, -0.05) is 18.2 Å². The first-order chi connectivity index (χ1) is 10.0. The number of rotatable bonds is 4. The number of fused-ring (bicyclic) bond motifs is 1. The number of methoxy groups -OCH3 is 1. The molecule has 0 N–H and O–H groups in total. The van der Waals surface area contributed by atoms with Crippen LogP contribution in [0.2, 0.25) is 0 Å². The van der Waals surface area contributed by atoms with Gasteiger partial charge in [0.05, 0.1) is 19.6 Å². The van der Waals surface area contributed by atoms with Crippen LogP contribution < -0.4 is 4.74 Å². The van der Waals surface area contributed by atoms with Crippen molar-refractivity contribution in [1.29, 1.82) is 0 Å². The van der Waals surface area contributed by atoms with E-state index in [9.17, 15) is 9.59 Å². The fraction of sp³-hybridized carbons (Fsp3) is 0.500. The fourth-order valence-corrected chi connectivity index (χ4v) is 2.52. The second-order valence-corrected chi connectivity index (χ2v) is 5.36. The lowest BCUT2D eigenvalue weighted by molar-refractivity contribution is -0.149. The summed E-state index contributed by atoms with van der Waals surface area (Å²) in [6, 6.07) is 7.50. The topological polar surface area (TPSA) is 55.8 Å². The average Bonchev–Trinajstić information content (AvgIpc) is 2.50. The second-order valence-electron chi connectivity index (χ2n) is 5.36. The summed E-state index contributed by atoms with van der Waals surface area (Å²) in [4.78, 5) is 25.9. The molecule has 2 rings (SSSR count). The van der Waals surface area contributed by atoms with Gasteiger partial charge < -0.3 is 14.4 Å². The molecule has 0 aromatic heterocycles. The lowest BCUT2D eigenvalue weighted by Crippen LogP contribution is -2.44. The summed E-state index contributed by atoms with van der Waals surface area (Å²) in [6.45, 7) is 4.28. The maximum Gasteiger partial charge on any atom is 0.325 e. The van der Waals surface area contributed by atoms with Crippen molar-refractivity contribution >= 4 is 11.9 Å². The zero-order chi connectivity index (χ0) is 15.4. The molecule has 114 valence electrons. The van der Waals surface area contributed by atoms with Crippen LogP contribution in [0.4, 0.5) is 0 Å². The molecule has 0 fully saturated rings. The average molecular weight is 291 g/mol. The highest BCUT2D eigenvalue weighted by molar-refractivity contribution is 5.88. The van der Waals surface area contributed by atoms with Crippen molar-refractivity contribution < 1.29 is 19.1 Å². The number of ether oxygens (including phenoxy) is 2. The van der Waals surface area contributed by atoms with Crippen LogP contribution in [-0.2, 0) is 14.3 Å². The van der Waals surface area contributed by atoms with E-state index < -0.39 is 5.97 Å². The van der Waals surface area contributed by atoms with Crippen LogP contribution in [0, 0.1) is 0 Å². The van der Waals surface area contributed by atoms with E-state index in [1.807, 2.05) is 38.1 Å². The van der Waals surface area contributed by atoms with Gasteiger partial charge in [-0.3, -0.25) is 9.59 Å². The van der Waals surface area contributed by atoms with Crippen molar-refractivity contribution in [3.63, 3.8) is 0 Å². The van der Waals surface area contributed by atoms with Gasteiger partial charge >= 0.3 is 5.97 Å². The van der Waals surface area contributed by atoms with Gasteiger partial charge in [0.15, 0.2) is 0 Å². The number of esters is 1. The first-order valence-electron chi connectivity index (χ1n) is 7.13. The molecular formula is C16H21NO4. The Balaban J connectivity index is 2.24. The van der Waals surface area contributed by atoms with Gasteiger partial charge in [-0.2, -0.15) is 0 Å². The molecule has 1 aliphatic rings. The summed E-state index contributed by atoms with van der Waals surface area (Å²) in [5, 5.41) is 0. The van der Waals surface area contributed by atoms with Gasteiger partial charge in [-0.15, -0.1) is 0 Å². The van der Waals surface area contributed by atoms with E-state index in [0.717, 1.165) is 11.3 Å². The van der Waals surface area contributed by atoms with Crippen molar-refractivity contribution in [2.45, 2.75) is 32.2 Å². The molecule has 5 heteroatoms. The van der Waals surface area contributed by atoms with E-state index in [1.54, 1.807) is 4.90 Å². The highest BCUT2D eigenvalue weighted by Gasteiger charge is 2.32. The molecule has 1 aromatic rings. The Morgan fingerprint density at radius 1 is 1.38 bits per heavy atom. The van der Waals surface area contributed by atoms with E-state index in [0.29, 0.717) is 13.0 Å². The van der Waals surface area contributed by atoms with Gasteiger partial charge in [0.25, 0.3) is 0 Å². The molecule has 21 heavy (non-hydrogen) atoms. The highest BCUT2D eigenvalue weighted by Crippen LogP contribution is 2.34. The highest BCUT2D eigenvalue weighted by atomic mass is 16.5. The number of hydrogen-bond donors (Lipinski definition) is 0. The standard InChI is InChI=1S/C16H21NO4/c1-11(2)17(10-15(18)20-3)16(19)13-8-9-21-14-7-5-4-6-12(13)14/h4-7,11,13H,8-10H2,1-3H3. The molecule has 1 unspecified atom stereocenters. The monoisotopic (exact) mass is 291 g/mol. The zero-order valence-electron chi connectivity index (χ0n) is 12.7. The van der Waals surface area contributed by atoms with Crippen molar-refractivity contribution in [1.82, 2.24) is 4.90 Å². The van der Waals surface area contributed by atoms with Crippen LogP contribution in [0.25, 0.3) is 0 Å². The number of hydrogen-bond acceptors (Lipinski definition) is 4. The molecule has 5 nitrogen and oxygen atoms in total. The van der Waals surface area contributed by atoms with Gasteiger partial charge in [0.2, 0.25) is 5.91 Å². The largest absolute Gasteiger partial charge is 0.493 e. The summed E-state index contributed by atoms with van der Waals surface area (Å²) in [5.74, 6) is 0.0365. The normalized spacial score (nSPS) is 16.9. The van der Waals surface area contributed by atoms with E-state index in [-0.39, 0.29) is 24.4 Å². The first kappa shape index (κ1) is 15.4. The molecule has 1 heterocycles. The molecule has 0 aliphatic carbocycles. The van der Waals surface area contributed by atoms with E-state index >= 15 is 0 Å². The number of nitrogens with zero attached hydrogens (tertiary/aromatic N) is 1. The van der Waals surface area contributed by atoms with Crippen molar-refractivity contribution in [2.24, 2.45) is 0 Å². The molecule has 1 aromatic carbocycles. The third-order valence-corrected chi connectivity index (χ3v) is 3.69. The van der Waals surface area contributed by atoms with Crippen LogP contribution in [0.5, 0.6) is 5.75 Å². The Bertz CT molecular complexity index is 527. The molecule has 0 radical (unpaired) electrons. The van der Waals surface area contributed by atoms with Crippen molar-refractivity contribution in [3.8, 4) is 5.75 Å². The number of para-hydroxylation sites is 1. The maximum absolute atomic E-state index is 12.8. The van der Waals surface area contributed by atoms with Crippen LogP contribution >= 0.6 is 0 Å². The van der Waals surface area contributed by atoms with E-state index in [4.69, 9.17) is 4.74 Å². The molecule has 0 spiro atoms. The summed E-state index contributed by atoms with van der Waals surface area (Å²) in [6.07, 6.45) is 0.625. The van der Waals surface area contributed by atoms with Crippen molar-refractivity contribution in [2.75, 3.05) is 20.3 Å². The first-order valence-corrected chi connectivity index (χ1v) is 7.13. The maximum atomic E-state index is 12.8. The molecule has 0 saturated carbocycles. The molecule has 0 saturated heterocycles. The Kier molecular flexibility index (Phi) is 4.83. The molecule has 1 aliphatic heterocycles. The minimum atomic E-state index is -0.405. The van der Waals surface area contributed by atoms with E-state index in [2.05, 4.69) is 4.74 Å². The van der Waals surface area contributed by atoms with Crippen LogP contribution in [0.1, 0.15) is 31.7 Å². The van der Waals surface area contributed by atoms with Gasteiger partial charge in [0, 0.05) is 11.6 Å². The summed E-state index contributed by atoms with van der Waals surface area (Å²) in [5.41, 5.74) is 0.893. The minimum absolute atomic E-state index is 0.0213. The SMILES string of the molecule is COC(=O)CN(C(=O)C1CCOc2ccccc21)C(C)C. The molecular weight excluding hydrogens is 270 g/mol. The quantitative estimate of drug-likeness (QED) is 0.796. The predicted octanol–water partition coefficient (Wildman–Crippen LogP) is 1.96. The van der Waals surface area contributed by atoms with E-state index in [1.165, 1.54) is 7.11 Å². The predicted molar refractivity (Wildman–Crippen MR) is 78.2 cm³/mol. The Labute approximate surface area is 124 Å². The van der Waals surface area contributed by atoms with Crippen LogP contribution in [0.3, 0.4) is 0 Å². The minimum Gasteiger partial charge on any atom is -0.493 e. The third-order valence-electron chi connectivity index (χ3n) is 3.69.